The molecular formula is C14H9ClN2O5. The maximum absolute atomic E-state index is 10.5. The maximum Gasteiger partial charge on any atom is 0.328 e. The molecule has 2 aromatic rings. The van der Waals surface area contributed by atoms with Crippen molar-refractivity contribution in [1.82, 2.24) is 4.98 Å². The van der Waals surface area contributed by atoms with Crippen LogP contribution in [0.4, 0.5) is 5.69 Å². The van der Waals surface area contributed by atoms with E-state index in [1.807, 2.05) is 0 Å². The van der Waals surface area contributed by atoms with Gasteiger partial charge in [0.1, 0.15) is 11.9 Å². The molecule has 0 atom stereocenters. The molecule has 0 aliphatic rings. The van der Waals surface area contributed by atoms with E-state index < -0.39 is 10.9 Å². The molecule has 1 N–H and O–H groups in total. The number of carbonyl (C=O) groups is 1. The van der Waals surface area contributed by atoms with Crippen molar-refractivity contribution in [3.8, 4) is 11.6 Å². The van der Waals surface area contributed by atoms with E-state index in [4.69, 9.17) is 21.4 Å². The zero-order valence-electron chi connectivity index (χ0n) is 11.0. The zero-order chi connectivity index (χ0) is 16.1. The topological polar surface area (TPSA) is 103 Å². The van der Waals surface area contributed by atoms with Gasteiger partial charge >= 0.3 is 5.97 Å². The molecule has 0 spiro atoms. The molecule has 0 amide bonds. The molecule has 0 radical (unpaired) electrons. The van der Waals surface area contributed by atoms with Crippen LogP contribution < -0.4 is 4.74 Å². The molecular weight excluding hydrogens is 312 g/mol. The number of nitrogens with zero attached hydrogens (tertiary/aromatic N) is 2. The highest BCUT2D eigenvalue weighted by Gasteiger charge is 2.08. The van der Waals surface area contributed by atoms with Gasteiger partial charge in [-0.05, 0) is 23.8 Å². The lowest BCUT2D eigenvalue weighted by Gasteiger charge is -2.07. The van der Waals surface area contributed by atoms with Gasteiger partial charge in [0.05, 0.1) is 9.95 Å². The summed E-state index contributed by atoms with van der Waals surface area (Å²) < 4.78 is 5.42. The molecule has 0 bridgehead atoms. The van der Waals surface area contributed by atoms with Crippen LogP contribution >= 0.6 is 11.6 Å². The Balaban J connectivity index is 2.16. The normalized spacial score (nSPS) is 10.6. The second kappa shape index (κ2) is 6.68. The summed E-state index contributed by atoms with van der Waals surface area (Å²) in [5.41, 5.74) is 0.448. The standard InChI is InChI=1S/C14H9ClN2O5/c15-11-7-9(2-6-14(18)19)1-4-12(11)22-13-5-3-10(8-16-13)17(20)21/h1-8H,(H,18,19)/b6-2+. The van der Waals surface area contributed by atoms with Crippen LogP contribution in [0.25, 0.3) is 6.08 Å². The number of rotatable bonds is 5. The number of carboxylic acid groups (broad SMARTS) is 1. The molecule has 22 heavy (non-hydrogen) atoms. The van der Waals surface area contributed by atoms with E-state index in [0.29, 0.717) is 11.3 Å². The SMILES string of the molecule is O=C(O)/C=C/c1ccc(Oc2ccc([N+](=O)[O-])cn2)c(Cl)c1. The Morgan fingerprint density at radius 2 is 2.14 bits per heavy atom. The first-order valence-electron chi connectivity index (χ1n) is 5.94. The lowest BCUT2D eigenvalue weighted by molar-refractivity contribution is -0.385. The summed E-state index contributed by atoms with van der Waals surface area (Å²) in [7, 11) is 0. The summed E-state index contributed by atoms with van der Waals surface area (Å²) in [6, 6.07) is 7.31. The molecule has 0 unspecified atom stereocenters. The largest absolute Gasteiger partial charge is 0.478 e. The molecule has 0 fully saturated rings. The highest BCUT2D eigenvalue weighted by atomic mass is 35.5. The van der Waals surface area contributed by atoms with Crippen LogP contribution in [0, 0.1) is 10.1 Å². The van der Waals surface area contributed by atoms with Gasteiger partial charge in [-0.1, -0.05) is 17.7 Å². The number of aromatic nitrogens is 1. The Bertz CT molecular complexity index is 743. The van der Waals surface area contributed by atoms with Gasteiger partial charge in [-0.3, -0.25) is 10.1 Å². The van der Waals surface area contributed by atoms with Gasteiger partial charge in [0.15, 0.2) is 0 Å². The Hall–Kier alpha value is -2.93. The molecule has 0 saturated carbocycles. The number of nitro groups is 1. The average molecular weight is 321 g/mol. The minimum Gasteiger partial charge on any atom is -0.478 e. The lowest BCUT2D eigenvalue weighted by Crippen LogP contribution is -1.92. The summed E-state index contributed by atoms with van der Waals surface area (Å²) >= 11 is 6.03. The summed E-state index contributed by atoms with van der Waals surface area (Å²) in [4.78, 5) is 24.2. The maximum atomic E-state index is 10.5. The molecule has 1 heterocycles. The van der Waals surface area contributed by atoms with Crippen LogP contribution in [0.3, 0.4) is 0 Å². The fraction of sp³-hybridized carbons (Fsp3) is 0. The monoisotopic (exact) mass is 320 g/mol. The number of carboxylic acids is 1. The van der Waals surface area contributed by atoms with Gasteiger partial charge in [-0.15, -0.1) is 0 Å². The first-order chi connectivity index (χ1) is 10.5. The second-order valence-corrected chi connectivity index (χ2v) is 4.48. The van der Waals surface area contributed by atoms with E-state index in [2.05, 4.69) is 4.98 Å². The molecule has 7 nitrogen and oxygen atoms in total. The van der Waals surface area contributed by atoms with E-state index in [9.17, 15) is 14.9 Å². The Morgan fingerprint density at radius 3 is 2.68 bits per heavy atom. The van der Waals surface area contributed by atoms with Crippen molar-refractivity contribution in [3.05, 3.63) is 63.3 Å². The van der Waals surface area contributed by atoms with E-state index in [0.717, 1.165) is 12.3 Å². The van der Waals surface area contributed by atoms with Crippen molar-refractivity contribution in [2.24, 2.45) is 0 Å². The van der Waals surface area contributed by atoms with Crippen molar-refractivity contribution in [3.63, 3.8) is 0 Å². The minimum atomic E-state index is -1.06. The van der Waals surface area contributed by atoms with Gasteiger partial charge in [0.25, 0.3) is 5.69 Å². The molecule has 1 aromatic carbocycles. The van der Waals surface area contributed by atoms with Crippen LogP contribution in [0.5, 0.6) is 11.6 Å². The fourth-order valence-corrected chi connectivity index (χ4v) is 1.75. The highest BCUT2D eigenvalue weighted by molar-refractivity contribution is 6.32. The number of hydrogen-bond donors (Lipinski definition) is 1. The van der Waals surface area contributed by atoms with Crippen molar-refractivity contribution < 1.29 is 19.6 Å². The van der Waals surface area contributed by atoms with Gasteiger partial charge in [0.2, 0.25) is 5.88 Å². The molecule has 8 heteroatoms. The van der Waals surface area contributed by atoms with Crippen molar-refractivity contribution in [2.75, 3.05) is 0 Å². The van der Waals surface area contributed by atoms with Crippen molar-refractivity contribution in [2.45, 2.75) is 0 Å². The van der Waals surface area contributed by atoms with Gasteiger partial charge in [-0.25, -0.2) is 9.78 Å². The Labute approximate surface area is 129 Å². The molecule has 2 rings (SSSR count). The van der Waals surface area contributed by atoms with Crippen LogP contribution in [-0.2, 0) is 4.79 Å². The summed E-state index contributed by atoms with van der Waals surface area (Å²) in [5.74, 6) is -0.608. The first kappa shape index (κ1) is 15.5. The molecule has 0 saturated heterocycles. The van der Waals surface area contributed by atoms with E-state index in [1.54, 1.807) is 12.1 Å². The second-order valence-electron chi connectivity index (χ2n) is 4.08. The zero-order valence-corrected chi connectivity index (χ0v) is 11.7. The number of benzene rings is 1. The summed E-state index contributed by atoms with van der Waals surface area (Å²) in [6.45, 7) is 0. The number of halogens is 1. The third kappa shape index (κ3) is 4.03. The first-order valence-corrected chi connectivity index (χ1v) is 6.32. The Morgan fingerprint density at radius 1 is 1.36 bits per heavy atom. The average Bonchev–Trinajstić information content (AvgIpc) is 2.48. The number of hydrogen-bond acceptors (Lipinski definition) is 5. The number of pyridine rings is 1. The molecule has 0 aliphatic heterocycles. The van der Waals surface area contributed by atoms with Crippen molar-refractivity contribution >= 4 is 29.3 Å². The van der Waals surface area contributed by atoms with Gasteiger partial charge < -0.3 is 9.84 Å². The van der Waals surface area contributed by atoms with Crippen LogP contribution in [0.2, 0.25) is 5.02 Å². The van der Waals surface area contributed by atoms with E-state index in [-0.39, 0.29) is 16.6 Å². The third-order valence-corrected chi connectivity index (χ3v) is 2.82. The van der Waals surface area contributed by atoms with E-state index in [1.165, 1.54) is 24.3 Å². The van der Waals surface area contributed by atoms with Gasteiger partial charge in [0, 0.05) is 18.2 Å². The number of ether oxygens (including phenoxy) is 1. The molecule has 0 aliphatic carbocycles. The van der Waals surface area contributed by atoms with Crippen LogP contribution in [0.1, 0.15) is 5.56 Å². The predicted molar refractivity (Wildman–Crippen MR) is 79.1 cm³/mol. The quantitative estimate of drug-likeness (QED) is 0.513. The molecule has 1 aromatic heterocycles. The minimum absolute atomic E-state index is 0.146. The highest BCUT2D eigenvalue weighted by Crippen LogP contribution is 2.30. The fourth-order valence-electron chi connectivity index (χ4n) is 1.52. The number of aliphatic carboxylic acids is 1. The van der Waals surface area contributed by atoms with Crippen LogP contribution in [0.15, 0.2) is 42.6 Å². The third-order valence-electron chi connectivity index (χ3n) is 2.52. The molecule has 112 valence electrons. The van der Waals surface area contributed by atoms with Crippen LogP contribution in [-0.4, -0.2) is 21.0 Å². The smallest absolute Gasteiger partial charge is 0.328 e. The Kier molecular flexibility index (Phi) is 4.70. The van der Waals surface area contributed by atoms with Gasteiger partial charge in [-0.2, -0.15) is 0 Å². The van der Waals surface area contributed by atoms with Crippen molar-refractivity contribution in [1.29, 1.82) is 0 Å². The lowest BCUT2D eigenvalue weighted by atomic mass is 10.2. The van der Waals surface area contributed by atoms with E-state index >= 15 is 0 Å². The predicted octanol–water partition coefficient (Wildman–Crippen LogP) is 3.53. The summed E-state index contributed by atoms with van der Waals surface area (Å²) in [5, 5.41) is 19.3. The summed E-state index contributed by atoms with van der Waals surface area (Å²) in [6.07, 6.45) is 3.46.